The van der Waals surface area contributed by atoms with Crippen molar-refractivity contribution in [2.75, 3.05) is 19.6 Å². The topological polar surface area (TPSA) is 56.4 Å². The van der Waals surface area contributed by atoms with E-state index in [1.54, 1.807) is 23.2 Å². The molecule has 1 amide bonds. The first-order chi connectivity index (χ1) is 14.7. The lowest BCUT2D eigenvalue weighted by molar-refractivity contribution is -0.137. The molecule has 1 aromatic heterocycles. The predicted octanol–water partition coefficient (Wildman–Crippen LogP) is 4.68. The average Bonchev–Trinajstić information content (AvgIpc) is 3.22. The number of carbonyl (C=O) groups excluding carboxylic acids is 2. The van der Waals surface area contributed by atoms with Gasteiger partial charge in [0.15, 0.2) is 5.78 Å². The Morgan fingerprint density at radius 1 is 1.19 bits per heavy atom. The van der Waals surface area contributed by atoms with Gasteiger partial charge in [0, 0.05) is 36.9 Å². The standard InChI is InChI=1S/C23H26F3N3O2/c1-15(16-5-4-6-18(11-16)23(24,25)26)29(19-7-8-19)14-21(30)17-12-20(27-13-17)22(31)28-9-2-3-10-28/h4-6,11-13,15,19,27H,2-3,7-10,14H2,1H3. The maximum Gasteiger partial charge on any atom is 0.416 e. The Morgan fingerprint density at radius 2 is 1.90 bits per heavy atom. The van der Waals surface area contributed by atoms with Crippen LogP contribution in [-0.4, -0.2) is 52.2 Å². The normalized spacial score (nSPS) is 17.9. The Balaban J connectivity index is 1.47. The lowest BCUT2D eigenvalue weighted by Crippen LogP contribution is -2.34. The zero-order valence-corrected chi connectivity index (χ0v) is 17.4. The maximum absolute atomic E-state index is 13.1. The molecule has 2 heterocycles. The molecule has 2 fully saturated rings. The summed E-state index contributed by atoms with van der Waals surface area (Å²) in [6, 6.07) is 6.73. The Bertz CT molecular complexity index is 959. The summed E-state index contributed by atoms with van der Waals surface area (Å²) in [5.74, 6) is -0.254. The second-order valence-electron chi connectivity index (χ2n) is 8.43. The number of likely N-dealkylation sites (tertiary alicyclic amines) is 1. The number of carbonyl (C=O) groups is 2. The van der Waals surface area contributed by atoms with Gasteiger partial charge >= 0.3 is 6.18 Å². The summed E-state index contributed by atoms with van der Waals surface area (Å²) in [5.41, 5.74) is 0.668. The number of alkyl halides is 3. The van der Waals surface area contributed by atoms with E-state index in [2.05, 4.69) is 4.98 Å². The van der Waals surface area contributed by atoms with Crippen LogP contribution in [0.1, 0.15) is 70.6 Å². The van der Waals surface area contributed by atoms with Crippen molar-refractivity contribution < 1.29 is 22.8 Å². The van der Waals surface area contributed by atoms with Crippen molar-refractivity contribution in [3.05, 3.63) is 58.9 Å². The van der Waals surface area contributed by atoms with Crippen molar-refractivity contribution in [1.82, 2.24) is 14.8 Å². The average molecular weight is 433 g/mol. The number of hydrogen-bond donors (Lipinski definition) is 1. The molecular weight excluding hydrogens is 407 g/mol. The Morgan fingerprint density at radius 3 is 2.55 bits per heavy atom. The van der Waals surface area contributed by atoms with Gasteiger partial charge in [-0.3, -0.25) is 14.5 Å². The van der Waals surface area contributed by atoms with Crippen LogP contribution >= 0.6 is 0 Å². The first kappa shape index (κ1) is 21.6. The number of ketones is 1. The summed E-state index contributed by atoms with van der Waals surface area (Å²) in [4.78, 5) is 32.1. The number of benzene rings is 1. The van der Waals surface area contributed by atoms with Crippen molar-refractivity contribution in [3.8, 4) is 0 Å². The summed E-state index contributed by atoms with van der Waals surface area (Å²) in [7, 11) is 0. The molecule has 4 rings (SSSR count). The van der Waals surface area contributed by atoms with Crippen LogP contribution in [0.3, 0.4) is 0 Å². The fraction of sp³-hybridized carbons (Fsp3) is 0.478. The van der Waals surface area contributed by atoms with Crippen LogP contribution in [0, 0.1) is 0 Å². The molecule has 0 spiro atoms. The molecule has 1 aliphatic heterocycles. The van der Waals surface area contributed by atoms with Crippen LogP contribution in [0.15, 0.2) is 36.5 Å². The van der Waals surface area contributed by atoms with Crippen LogP contribution in [0.4, 0.5) is 13.2 Å². The third kappa shape index (κ3) is 4.84. The third-order valence-electron chi connectivity index (χ3n) is 6.16. The van der Waals surface area contributed by atoms with Crippen molar-refractivity contribution in [3.63, 3.8) is 0 Å². The highest BCUT2D eigenvalue weighted by Crippen LogP contribution is 2.36. The molecule has 1 saturated heterocycles. The van der Waals surface area contributed by atoms with Crippen LogP contribution < -0.4 is 0 Å². The van der Waals surface area contributed by atoms with E-state index in [-0.39, 0.29) is 30.3 Å². The van der Waals surface area contributed by atoms with E-state index in [4.69, 9.17) is 0 Å². The number of halogens is 3. The second kappa shape index (κ2) is 8.49. The number of nitrogens with zero attached hydrogens (tertiary/aromatic N) is 2. The highest BCUT2D eigenvalue weighted by molar-refractivity contribution is 6.01. The van der Waals surface area contributed by atoms with E-state index in [9.17, 15) is 22.8 Å². The van der Waals surface area contributed by atoms with Gasteiger partial charge in [0.2, 0.25) is 0 Å². The van der Waals surface area contributed by atoms with Crippen LogP contribution in [0.5, 0.6) is 0 Å². The SMILES string of the molecule is CC(c1cccc(C(F)(F)F)c1)N(CC(=O)c1c[nH]c(C(=O)N2CCCC2)c1)C1CC1. The molecule has 1 N–H and O–H groups in total. The highest BCUT2D eigenvalue weighted by atomic mass is 19.4. The van der Waals surface area contributed by atoms with Gasteiger partial charge in [0.05, 0.1) is 12.1 Å². The number of H-pyrrole nitrogens is 1. The third-order valence-corrected chi connectivity index (χ3v) is 6.16. The summed E-state index contributed by atoms with van der Waals surface area (Å²) in [6.07, 6.45) is 0.958. The summed E-state index contributed by atoms with van der Waals surface area (Å²) in [6.45, 7) is 3.38. The number of nitrogens with one attached hydrogen (secondary N) is 1. The molecule has 166 valence electrons. The zero-order valence-electron chi connectivity index (χ0n) is 17.4. The Kier molecular flexibility index (Phi) is 5.92. The van der Waals surface area contributed by atoms with Gasteiger partial charge in [-0.2, -0.15) is 13.2 Å². The van der Waals surface area contributed by atoms with E-state index in [1.807, 2.05) is 11.8 Å². The number of aromatic amines is 1. The summed E-state index contributed by atoms with van der Waals surface area (Å²) >= 11 is 0. The quantitative estimate of drug-likeness (QED) is 0.646. The van der Waals surface area contributed by atoms with E-state index in [0.29, 0.717) is 16.8 Å². The molecule has 31 heavy (non-hydrogen) atoms. The Labute approximate surface area is 179 Å². The predicted molar refractivity (Wildman–Crippen MR) is 110 cm³/mol. The Hall–Kier alpha value is -2.61. The van der Waals surface area contributed by atoms with E-state index in [0.717, 1.165) is 50.9 Å². The smallest absolute Gasteiger partial charge is 0.356 e. The highest BCUT2D eigenvalue weighted by Gasteiger charge is 2.36. The zero-order chi connectivity index (χ0) is 22.2. The van der Waals surface area contributed by atoms with Gasteiger partial charge in [0.1, 0.15) is 5.69 Å². The van der Waals surface area contributed by atoms with Crippen molar-refractivity contribution in [2.24, 2.45) is 0 Å². The largest absolute Gasteiger partial charge is 0.416 e. The molecule has 5 nitrogen and oxygen atoms in total. The van der Waals surface area contributed by atoms with Gasteiger partial charge in [0.25, 0.3) is 5.91 Å². The minimum atomic E-state index is -4.40. The molecule has 1 unspecified atom stereocenters. The van der Waals surface area contributed by atoms with Crippen molar-refractivity contribution >= 4 is 11.7 Å². The van der Waals surface area contributed by atoms with Gasteiger partial charge in [-0.25, -0.2) is 0 Å². The molecule has 1 atom stereocenters. The molecule has 2 aliphatic rings. The number of rotatable bonds is 7. The van der Waals surface area contributed by atoms with Crippen molar-refractivity contribution in [2.45, 2.75) is 50.9 Å². The van der Waals surface area contributed by atoms with Gasteiger partial charge in [-0.15, -0.1) is 0 Å². The van der Waals surface area contributed by atoms with Crippen LogP contribution in [0.2, 0.25) is 0 Å². The minimum absolute atomic E-state index is 0.0945. The number of aromatic nitrogens is 1. The molecule has 1 aliphatic carbocycles. The number of Topliss-reactive ketones (excluding diaryl/α,β-unsaturated/α-hetero) is 1. The summed E-state index contributed by atoms with van der Waals surface area (Å²) in [5, 5.41) is 0. The number of hydrogen-bond acceptors (Lipinski definition) is 3. The molecule has 1 aromatic carbocycles. The monoisotopic (exact) mass is 433 g/mol. The van der Waals surface area contributed by atoms with Gasteiger partial charge in [-0.1, -0.05) is 12.1 Å². The molecule has 1 saturated carbocycles. The minimum Gasteiger partial charge on any atom is -0.356 e. The lowest BCUT2D eigenvalue weighted by Gasteiger charge is -2.29. The maximum atomic E-state index is 13.1. The first-order valence-corrected chi connectivity index (χ1v) is 10.7. The second-order valence-corrected chi connectivity index (χ2v) is 8.43. The molecule has 0 bridgehead atoms. The van der Waals surface area contributed by atoms with Crippen LogP contribution in [0.25, 0.3) is 0 Å². The van der Waals surface area contributed by atoms with Gasteiger partial charge in [-0.05, 0) is 56.4 Å². The first-order valence-electron chi connectivity index (χ1n) is 10.7. The lowest BCUT2D eigenvalue weighted by atomic mass is 10.0. The van der Waals surface area contributed by atoms with E-state index in [1.165, 1.54) is 6.07 Å². The molecule has 2 aromatic rings. The van der Waals surface area contributed by atoms with Crippen molar-refractivity contribution in [1.29, 1.82) is 0 Å². The fourth-order valence-corrected chi connectivity index (χ4v) is 4.18. The van der Waals surface area contributed by atoms with Gasteiger partial charge < -0.3 is 9.88 Å². The molecule has 8 heteroatoms. The fourth-order valence-electron chi connectivity index (χ4n) is 4.18. The number of amides is 1. The molecule has 0 radical (unpaired) electrons. The van der Waals surface area contributed by atoms with E-state index < -0.39 is 11.7 Å². The molecular formula is C23H26F3N3O2. The summed E-state index contributed by atoms with van der Waals surface area (Å²) < 4.78 is 39.3. The van der Waals surface area contributed by atoms with E-state index >= 15 is 0 Å². The van der Waals surface area contributed by atoms with Crippen LogP contribution in [-0.2, 0) is 6.18 Å².